The van der Waals surface area contributed by atoms with Crippen LogP contribution in [0.5, 0.6) is 11.5 Å². The second-order valence-electron chi connectivity index (χ2n) is 13.2. The molecule has 6 aromatic carbocycles. The van der Waals surface area contributed by atoms with Gasteiger partial charge in [-0.25, -0.2) is 0 Å². The molecule has 5 heteroatoms. The average molecular weight is 690 g/mol. The zero-order valence-electron chi connectivity index (χ0n) is 29.2. The fourth-order valence-electron chi connectivity index (χ4n) is 7.40. The summed E-state index contributed by atoms with van der Waals surface area (Å²) in [6, 6.07) is 53.0. The molecule has 0 aliphatic carbocycles. The van der Waals surface area contributed by atoms with Crippen LogP contribution in [-0.2, 0) is 0 Å². The van der Waals surface area contributed by atoms with Crippen molar-refractivity contribution in [2.45, 2.75) is 20.8 Å². The average Bonchev–Trinajstić information content (AvgIpc) is 3.75. The van der Waals surface area contributed by atoms with Gasteiger partial charge in [-0.3, -0.25) is 14.1 Å². The van der Waals surface area contributed by atoms with Gasteiger partial charge in [0.05, 0.1) is 28.5 Å². The summed E-state index contributed by atoms with van der Waals surface area (Å²) >= 11 is 1.78. The first-order valence-electron chi connectivity index (χ1n) is 17.5. The topological polar surface area (TPSA) is 30.9 Å². The van der Waals surface area contributed by atoms with Crippen molar-refractivity contribution in [3.8, 4) is 56.6 Å². The van der Waals surface area contributed by atoms with Crippen molar-refractivity contribution in [2.75, 3.05) is 0 Å². The Kier molecular flexibility index (Phi) is 7.98. The Hall–Kier alpha value is -6.30. The lowest BCUT2D eigenvalue weighted by molar-refractivity contribution is -0.588. The minimum absolute atomic E-state index is 0.740. The van der Waals surface area contributed by atoms with Gasteiger partial charge in [0.15, 0.2) is 0 Å². The van der Waals surface area contributed by atoms with Crippen LogP contribution >= 0.6 is 11.3 Å². The van der Waals surface area contributed by atoms with E-state index in [1.54, 1.807) is 11.3 Å². The molecule has 0 fully saturated rings. The maximum absolute atomic E-state index is 6.93. The third-order valence-electron chi connectivity index (χ3n) is 9.53. The Labute approximate surface area is 307 Å². The molecule has 0 saturated carbocycles. The number of rotatable bonds is 7. The summed E-state index contributed by atoms with van der Waals surface area (Å²) in [6.07, 6.45) is 5.66. The number of pyridine rings is 1. The van der Waals surface area contributed by atoms with Crippen LogP contribution < -0.4 is 9.30 Å². The van der Waals surface area contributed by atoms with Gasteiger partial charge in [0.25, 0.3) is 6.33 Å². The predicted molar refractivity (Wildman–Crippen MR) is 214 cm³/mol. The van der Waals surface area contributed by atoms with Gasteiger partial charge in [-0.05, 0) is 91.6 Å². The summed E-state index contributed by atoms with van der Waals surface area (Å²) in [5, 5.41) is 2.29. The summed E-state index contributed by atoms with van der Waals surface area (Å²) in [5.41, 5.74) is 12.0. The van der Waals surface area contributed by atoms with Crippen molar-refractivity contribution >= 4 is 31.5 Å². The monoisotopic (exact) mass is 689 g/mol. The van der Waals surface area contributed by atoms with Crippen molar-refractivity contribution < 1.29 is 9.30 Å². The number of hydrogen-bond acceptors (Lipinski definition) is 3. The normalized spacial score (nSPS) is 11.4. The number of ether oxygens (including phenoxy) is 1. The van der Waals surface area contributed by atoms with E-state index in [2.05, 4.69) is 169 Å². The van der Waals surface area contributed by atoms with Crippen LogP contribution in [0.3, 0.4) is 0 Å². The molecule has 3 aromatic heterocycles. The van der Waals surface area contributed by atoms with E-state index in [4.69, 9.17) is 4.74 Å². The Bertz CT molecular complexity index is 2710. The zero-order chi connectivity index (χ0) is 35.2. The quantitative estimate of drug-likeness (QED) is 0.123. The minimum Gasteiger partial charge on any atom is -0.457 e. The van der Waals surface area contributed by atoms with Gasteiger partial charge >= 0.3 is 0 Å². The molecule has 0 aliphatic rings. The molecule has 9 aromatic rings. The number of fused-ring (bicyclic) bond motifs is 3. The van der Waals surface area contributed by atoms with Crippen molar-refractivity contribution in [1.82, 2.24) is 9.55 Å². The van der Waals surface area contributed by atoms with Crippen LogP contribution in [0.25, 0.3) is 65.3 Å². The Morgan fingerprint density at radius 3 is 2.10 bits per heavy atom. The summed E-state index contributed by atoms with van der Waals surface area (Å²) in [7, 11) is 0. The van der Waals surface area contributed by atoms with Crippen molar-refractivity contribution in [3.05, 3.63) is 181 Å². The van der Waals surface area contributed by atoms with E-state index < -0.39 is 0 Å². The molecule has 0 N–H and O–H groups in total. The largest absolute Gasteiger partial charge is 0.457 e. The maximum Gasteiger partial charge on any atom is 0.269 e. The first kappa shape index (κ1) is 31.7. The molecular formula is C47H35N3OS. The van der Waals surface area contributed by atoms with Crippen LogP contribution in [-0.4, -0.2) is 9.55 Å². The summed E-state index contributed by atoms with van der Waals surface area (Å²) in [5.74, 6) is 1.54. The molecule has 0 spiro atoms. The molecule has 0 radical (unpaired) electrons. The first-order chi connectivity index (χ1) is 25.5. The van der Waals surface area contributed by atoms with Gasteiger partial charge in [0.2, 0.25) is 0 Å². The van der Waals surface area contributed by atoms with E-state index in [0.717, 1.165) is 66.7 Å². The number of hydrogen-bond donors (Lipinski definition) is 0. The molecule has 0 atom stereocenters. The Morgan fingerprint density at radius 2 is 1.35 bits per heavy atom. The molecule has 0 amide bonds. The second kappa shape index (κ2) is 13.1. The van der Waals surface area contributed by atoms with E-state index in [-0.39, 0.29) is 0 Å². The molecule has 0 bridgehead atoms. The van der Waals surface area contributed by atoms with Crippen LogP contribution in [0.4, 0.5) is 0 Å². The van der Waals surface area contributed by atoms with Crippen LogP contribution in [0.1, 0.15) is 16.7 Å². The third-order valence-corrected chi connectivity index (χ3v) is 10.6. The summed E-state index contributed by atoms with van der Waals surface area (Å²) in [6.45, 7) is 6.53. The predicted octanol–water partition coefficient (Wildman–Crippen LogP) is 12.0. The number of imidazole rings is 1. The zero-order valence-corrected chi connectivity index (χ0v) is 30.0. The van der Waals surface area contributed by atoms with E-state index in [1.165, 1.54) is 26.8 Å². The highest BCUT2D eigenvalue weighted by Crippen LogP contribution is 2.44. The van der Waals surface area contributed by atoms with E-state index in [9.17, 15) is 0 Å². The van der Waals surface area contributed by atoms with Crippen LogP contribution in [0, 0.1) is 27.1 Å². The highest BCUT2D eigenvalue weighted by atomic mass is 32.1. The maximum atomic E-state index is 6.93. The third kappa shape index (κ3) is 5.66. The first-order valence-corrected chi connectivity index (χ1v) is 18.3. The fraction of sp³-hybridized carbons (Fsp3) is 0.0638. The van der Waals surface area contributed by atoms with Crippen molar-refractivity contribution in [3.63, 3.8) is 0 Å². The van der Waals surface area contributed by atoms with Crippen LogP contribution in [0.15, 0.2) is 158 Å². The summed E-state index contributed by atoms with van der Waals surface area (Å²) in [4.78, 5) is 4.67. The van der Waals surface area contributed by atoms with Gasteiger partial charge in [-0.15, -0.1) is 11.3 Å². The lowest BCUT2D eigenvalue weighted by Gasteiger charge is -2.16. The Balaban J connectivity index is 1.25. The molecule has 250 valence electrons. The molecule has 0 aliphatic heterocycles. The van der Waals surface area contributed by atoms with Crippen molar-refractivity contribution in [1.29, 1.82) is 0 Å². The fourth-order valence-corrected chi connectivity index (χ4v) is 8.56. The second-order valence-corrected chi connectivity index (χ2v) is 14.3. The van der Waals surface area contributed by atoms with Gasteiger partial charge < -0.3 is 4.74 Å². The Morgan fingerprint density at radius 1 is 0.635 bits per heavy atom. The molecule has 9 rings (SSSR count). The molecular weight excluding hydrogens is 655 g/mol. The van der Waals surface area contributed by atoms with E-state index in [1.807, 2.05) is 30.5 Å². The molecule has 52 heavy (non-hydrogen) atoms. The van der Waals surface area contributed by atoms with Crippen LogP contribution in [0.2, 0.25) is 0 Å². The molecule has 4 nitrogen and oxygen atoms in total. The highest BCUT2D eigenvalue weighted by Gasteiger charge is 2.24. The minimum atomic E-state index is 0.740. The van der Waals surface area contributed by atoms with Crippen molar-refractivity contribution in [2.24, 2.45) is 0 Å². The highest BCUT2D eigenvalue weighted by molar-refractivity contribution is 7.25. The van der Waals surface area contributed by atoms with E-state index in [0.29, 0.717) is 0 Å². The number of aromatic nitrogens is 3. The molecule has 3 heterocycles. The number of thiophene rings is 1. The molecule has 0 unspecified atom stereocenters. The lowest BCUT2D eigenvalue weighted by atomic mass is 10.0. The SMILES string of the molecule is Cc1cc(C)c(-[n+]2[c-]n(-c3cccc(Oc4cc(-c5ccccn5)cc5sc6ccccc6c45)c3)c(-c3ccccc3)c2-c2ccccc2)c(C)c1. The van der Waals surface area contributed by atoms with Gasteiger partial charge in [-0.1, -0.05) is 109 Å². The number of aryl methyl sites for hydroxylation is 3. The smallest absolute Gasteiger partial charge is 0.269 e. The lowest BCUT2D eigenvalue weighted by Crippen LogP contribution is -2.34. The number of nitrogens with zero attached hydrogens (tertiary/aromatic N) is 3. The molecule has 0 saturated heterocycles. The van der Waals surface area contributed by atoms with E-state index >= 15 is 0 Å². The van der Waals surface area contributed by atoms with Gasteiger partial charge in [0.1, 0.15) is 11.5 Å². The summed E-state index contributed by atoms with van der Waals surface area (Å²) < 4.78 is 13.7. The standard InChI is InChI=1S/C47H35N3OS/c1-31-25-32(2)45(33(3)26-31)50-30-49(46(34-15-6-4-7-16-34)47(50)35-17-8-5-9-18-35)37-19-14-20-38(29-37)51-41-27-36(40-22-12-13-24-48-40)28-43-44(41)39-21-10-11-23-42(39)52-43/h4-29H,1-3H3. The van der Waals surface area contributed by atoms with Gasteiger partial charge in [-0.2, -0.15) is 0 Å². The number of benzene rings is 6. The van der Waals surface area contributed by atoms with Gasteiger partial charge in [0, 0.05) is 31.9 Å².